The molecule has 1 unspecified atom stereocenters. The second kappa shape index (κ2) is 5.97. The number of rotatable bonds is 4. The minimum Gasteiger partial charge on any atom is -0.368 e. The number of nitriles is 1. The number of aromatic nitrogens is 3. The van der Waals surface area contributed by atoms with Crippen molar-refractivity contribution in [2.75, 3.05) is 5.73 Å². The Morgan fingerprint density at radius 2 is 2.05 bits per heavy atom. The molecule has 20 heavy (non-hydrogen) atoms. The molecule has 0 saturated heterocycles. The standard InChI is InChI=1S/C14H17N5S/c1-9(2)19-13(16)17-18-14(19)20-10(3)12-6-4-5-11(7-12)8-15/h4-7,9-10H,1-3H3,(H2,16,17). The van der Waals surface area contributed by atoms with Crippen LogP contribution in [-0.4, -0.2) is 14.8 Å². The van der Waals surface area contributed by atoms with Crippen molar-refractivity contribution >= 4 is 17.7 Å². The van der Waals surface area contributed by atoms with Crippen LogP contribution in [0, 0.1) is 11.3 Å². The molecule has 0 aliphatic rings. The Hall–Kier alpha value is -2.00. The minimum absolute atomic E-state index is 0.171. The maximum atomic E-state index is 8.95. The predicted octanol–water partition coefficient (Wildman–Crippen LogP) is 3.17. The van der Waals surface area contributed by atoms with Gasteiger partial charge in [-0.1, -0.05) is 23.9 Å². The van der Waals surface area contributed by atoms with Gasteiger partial charge in [0, 0.05) is 11.3 Å². The van der Waals surface area contributed by atoms with E-state index in [1.165, 1.54) is 0 Å². The van der Waals surface area contributed by atoms with Crippen molar-refractivity contribution in [3.05, 3.63) is 35.4 Å². The molecule has 1 aromatic heterocycles. The minimum atomic E-state index is 0.171. The van der Waals surface area contributed by atoms with E-state index in [1.807, 2.05) is 36.6 Å². The molecule has 1 aromatic carbocycles. The van der Waals surface area contributed by atoms with Crippen LogP contribution >= 0.6 is 11.8 Å². The van der Waals surface area contributed by atoms with Gasteiger partial charge in [0.05, 0.1) is 11.6 Å². The predicted molar refractivity (Wildman–Crippen MR) is 80.2 cm³/mol. The first-order chi connectivity index (χ1) is 9.52. The van der Waals surface area contributed by atoms with Crippen LogP contribution in [0.25, 0.3) is 0 Å². The molecule has 104 valence electrons. The number of benzene rings is 1. The van der Waals surface area contributed by atoms with E-state index in [0.29, 0.717) is 11.5 Å². The highest BCUT2D eigenvalue weighted by Crippen LogP contribution is 2.35. The van der Waals surface area contributed by atoms with E-state index in [1.54, 1.807) is 17.8 Å². The van der Waals surface area contributed by atoms with E-state index in [-0.39, 0.29) is 11.3 Å². The van der Waals surface area contributed by atoms with Gasteiger partial charge in [-0.25, -0.2) is 0 Å². The van der Waals surface area contributed by atoms with E-state index >= 15 is 0 Å². The SMILES string of the molecule is CC(Sc1nnc(N)n1C(C)C)c1cccc(C#N)c1. The van der Waals surface area contributed by atoms with Crippen LogP contribution in [0.15, 0.2) is 29.4 Å². The van der Waals surface area contributed by atoms with E-state index in [4.69, 9.17) is 11.0 Å². The first-order valence-corrected chi connectivity index (χ1v) is 7.28. The molecular weight excluding hydrogens is 270 g/mol. The Labute approximate surface area is 122 Å². The highest BCUT2D eigenvalue weighted by molar-refractivity contribution is 7.99. The Morgan fingerprint density at radius 1 is 1.30 bits per heavy atom. The lowest BCUT2D eigenvalue weighted by atomic mass is 10.1. The first kappa shape index (κ1) is 14.4. The van der Waals surface area contributed by atoms with Crippen molar-refractivity contribution < 1.29 is 0 Å². The lowest BCUT2D eigenvalue weighted by Gasteiger charge is -2.15. The van der Waals surface area contributed by atoms with Gasteiger partial charge in [-0.05, 0) is 38.5 Å². The van der Waals surface area contributed by atoms with Crippen LogP contribution in [0.1, 0.15) is 43.2 Å². The van der Waals surface area contributed by atoms with E-state index in [2.05, 4.69) is 23.2 Å². The molecule has 0 saturated carbocycles. The van der Waals surface area contributed by atoms with E-state index in [0.717, 1.165) is 10.7 Å². The smallest absolute Gasteiger partial charge is 0.222 e. The quantitative estimate of drug-likeness (QED) is 0.874. The maximum absolute atomic E-state index is 8.95. The third-order valence-electron chi connectivity index (χ3n) is 2.97. The number of hydrogen-bond donors (Lipinski definition) is 1. The second-order valence-corrected chi connectivity index (χ2v) is 6.11. The molecule has 1 atom stereocenters. The molecule has 0 fully saturated rings. The Kier molecular flexibility index (Phi) is 4.30. The maximum Gasteiger partial charge on any atom is 0.222 e. The summed E-state index contributed by atoms with van der Waals surface area (Å²) >= 11 is 1.59. The molecule has 1 heterocycles. The average Bonchev–Trinajstić information content (AvgIpc) is 2.79. The van der Waals surface area contributed by atoms with Gasteiger partial charge in [-0.3, -0.25) is 4.57 Å². The van der Waals surface area contributed by atoms with Gasteiger partial charge in [-0.15, -0.1) is 10.2 Å². The molecule has 0 spiro atoms. The molecule has 0 radical (unpaired) electrons. The molecule has 0 amide bonds. The first-order valence-electron chi connectivity index (χ1n) is 6.40. The lowest BCUT2D eigenvalue weighted by molar-refractivity contribution is 0.556. The van der Waals surface area contributed by atoms with Crippen molar-refractivity contribution in [1.82, 2.24) is 14.8 Å². The van der Waals surface area contributed by atoms with Crippen molar-refractivity contribution in [3.8, 4) is 6.07 Å². The summed E-state index contributed by atoms with van der Waals surface area (Å²) in [7, 11) is 0. The molecule has 6 heteroatoms. The summed E-state index contributed by atoms with van der Waals surface area (Å²) in [6.07, 6.45) is 0. The third-order valence-corrected chi connectivity index (χ3v) is 4.09. The summed E-state index contributed by atoms with van der Waals surface area (Å²) in [6, 6.07) is 9.98. The molecule has 2 aromatic rings. The van der Waals surface area contributed by atoms with Crippen LogP contribution in [0.2, 0.25) is 0 Å². The van der Waals surface area contributed by atoms with Crippen molar-refractivity contribution in [2.45, 2.75) is 37.2 Å². The van der Waals surface area contributed by atoms with E-state index in [9.17, 15) is 0 Å². The van der Waals surface area contributed by atoms with Crippen LogP contribution in [0.4, 0.5) is 5.95 Å². The fourth-order valence-corrected chi connectivity index (χ4v) is 3.05. The summed E-state index contributed by atoms with van der Waals surface area (Å²) in [6.45, 7) is 6.17. The molecule has 0 aliphatic heterocycles. The number of hydrogen-bond acceptors (Lipinski definition) is 5. The Morgan fingerprint density at radius 3 is 2.70 bits per heavy atom. The highest BCUT2D eigenvalue weighted by Gasteiger charge is 2.17. The number of nitrogens with zero attached hydrogens (tertiary/aromatic N) is 4. The van der Waals surface area contributed by atoms with Gasteiger partial charge in [0.25, 0.3) is 0 Å². The van der Waals surface area contributed by atoms with Gasteiger partial charge in [0.2, 0.25) is 5.95 Å². The third kappa shape index (κ3) is 2.94. The number of nitrogen functional groups attached to an aromatic ring is 1. The van der Waals surface area contributed by atoms with Gasteiger partial charge in [0.1, 0.15) is 0 Å². The lowest BCUT2D eigenvalue weighted by Crippen LogP contribution is -2.07. The topological polar surface area (TPSA) is 80.5 Å². The monoisotopic (exact) mass is 287 g/mol. The molecular formula is C14H17N5S. The zero-order chi connectivity index (χ0) is 14.7. The van der Waals surface area contributed by atoms with Crippen molar-refractivity contribution in [1.29, 1.82) is 5.26 Å². The van der Waals surface area contributed by atoms with Crippen molar-refractivity contribution in [3.63, 3.8) is 0 Å². The summed E-state index contributed by atoms with van der Waals surface area (Å²) < 4.78 is 1.91. The zero-order valence-corrected chi connectivity index (χ0v) is 12.6. The summed E-state index contributed by atoms with van der Waals surface area (Å²) in [4.78, 5) is 0. The highest BCUT2D eigenvalue weighted by atomic mass is 32.2. The van der Waals surface area contributed by atoms with Crippen LogP contribution in [-0.2, 0) is 0 Å². The molecule has 2 rings (SSSR count). The number of thioether (sulfide) groups is 1. The van der Waals surface area contributed by atoms with Crippen LogP contribution < -0.4 is 5.73 Å². The van der Waals surface area contributed by atoms with Crippen molar-refractivity contribution in [2.24, 2.45) is 0 Å². The Bertz CT molecular complexity index is 641. The van der Waals surface area contributed by atoms with Crippen LogP contribution in [0.3, 0.4) is 0 Å². The average molecular weight is 287 g/mol. The second-order valence-electron chi connectivity index (χ2n) is 4.80. The largest absolute Gasteiger partial charge is 0.368 e. The molecule has 0 aliphatic carbocycles. The fraction of sp³-hybridized carbons (Fsp3) is 0.357. The molecule has 0 bridgehead atoms. The molecule has 2 N–H and O–H groups in total. The molecule has 5 nitrogen and oxygen atoms in total. The summed E-state index contributed by atoms with van der Waals surface area (Å²) in [5.41, 5.74) is 7.59. The normalized spacial score (nSPS) is 12.3. The number of nitrogens with two attached hydrogens (primary N) is 1. The van der Waals surface area contributed by atoms with Gasteiger partial charge < -0.3 is 5.73 Å². The fourth-order valence-electron chi connectivity index (χ4n) is 1.94. The van der Waals surface area contributed by atoms with Gasteiger partial charge in [-0.2, -0.15) is 5.26 Å². The van der Waals surface area contributed by atoms with Gasteiger partial charge >= 0.3 is 0 Å². The van der Waals surface area contributed by atoms with Gasteiger partial charge in [0.15, 0.2) is 5.16 Å². The summed E-state index contributed by atoms with van der Waals surface area (Å²) in [5, 5.41) is 18.0. The number of anilines is 1. The Balaban J connectivity index is 2.24. The van der Waals surface area contributed by atoms with Crippen LogP contribution in [0.5, 0.6) is 0 Å². The van der Waals surface area contributed by atoms with E-state index < -0.39 is 0 Å². The summed E-state index contributed by atoms with van der Waals surface area (Å²) in [5.74, 6) is 0.431. The zero-order valence-electron chi connectivity index (χ0n) is 11.7.